The summed E-state index contributed by atoms with van der Waals surface area (Å²) >= 11 is 6.07. The van der Waals surface area contributed by atoms with E-state index in [0.29, 0.717) is 12.1 Å². The van der Waals surface area contributed by atoms with Gasteiger partial charge in [-0.15, -0.1) is 0 Å². The van der Waals surface area contributed by atoms with Gasteiger partial charge >= 0.3 is 0 Å². The average molecular weight is 296 g/mol. The van der Waals surface area contributed by atoms with Gasteiger partial charge in [-0.3, -0.25) is 0 Å². The molecule has 1 aromatic carbocycles. The molecule has 1 N–H and O–H groups in total. The van der Waals surface area contributed by atoms with Crippen molar-refractivity contribution in [1.82, 2.24) is 5.32 Å². The third-order valence-electron chi connectivity index (χ3n) is 4.62. The number of nitrogens with one attached hydrogen (secondary N) is 1. The number of hydrogen-bond acceptors (Lipinski definition) is 2. The van der Waals surface area contributed by atoms with Crippen LogP contribution < -0.4 is 5.32 Å². The molecule has 0 aromatic heterocycles. The average Bonchev–Trinajstić information content (AvgIpc) is 2.47. The molecule has 2 unspecified atom stereocenters. The van der Waals surface area contributed by atoms with Crippen LogP contribution >= 0.6 is 11.6 Å². The van der Waals surface area contributed by atoms with Gasteiger partial charge in [-0.2, -0.15) is 0 Å². The Bertz CT molecular complexity index is 431. The summed E-state index contributed by atoms with van der Waals surface area (Å²) in [5.74, 6) is 0. The highest BCUT2D eigenvalue weighted by Crippen LogP contribution is 2.32. The molecule has 2 rings (SSSR count). The van der Waals surface area contributed by atoms with E-state index in [1.165, 1.54) is 5.56 Å². The van der Waals surface area contributed by atoms with E-state index < -0.39 is 0 Å². The second-order valence-electron chi connectivity index (χ2n) is 5.87. The van der Waals surface area contributed by atoms with Crippen LogP contribution in [0, 0.1) is 0 Å². The van der Waals surface area contributed by atoms with Crippen molar-refractivity contribution < 1.29 is 4.74 Å². The first-order valence-corrected chi connectivity index (χ1v) is 8.12. The topological polar surface area (TPSA) is 21.3 Å². The van der Waals surface area contributed by atoms with Gasteiger partial charge in [0, 0.05) is 23.7 Å². The van der Waals surface area contributed by atoms with Gasteiger partial charge in [0.05, 0.1) is 5.60 Å². The van der Waals surface area contributed by atoms with Gasteiger partial charge in [-0.25, -0.2) is 0 Å². The summed E-state index contributed by atoms with van der Waals surface area (Å²) in [7, 11) is 0. The van der Waals surface area contributed by atoms with Gasteiger partial charge in [0.1, 0.15) is 0 Å². The maximum absolute atomic E-state index is 6.07. The molecule has 0 bridgehead atoms. The lowest BCUT2D eigenvalue weighted by Crippen LogP contribution is -2.47. The molecule has 1 heterocycles. The van der Waals surface area contributed by atoms with Crippen molar-refractivity contribution in [2.75, 3.05) is 6.61 Å². The molecule has 1 aliphatic heterocycles. The molecule has 0 aliphatic carbocycles. The molecule has 2 nitrogen and oxygen atoms in total. The van der Waals surface area contributed by atoms with Gasteiger partial charge in [-0.05, 0) is 50.3 Å². The van der Waals surface area contributed by atoms with E-state index >= 15 is 0 Å². The molecule has 1 aliphatic rings. The molecule has 1 fully saturated rings. The van der Waals surface area contributed by atoms with E-state index in [1.54, 1.807) is 0 Å². The largest absolute Gasteiger partial charge is 0.375 e. The first kappa shape index (κ1) is 15.8. The summed E-state index contributed by atoms with van der Waals surface area (Å²) in [4.78, 5) is 0. The molecule has 1 saturated heterocycles. The highest BCUT2D eigenvalue weighted by Gasteiger charge is 2.34. The Morgan fingerprint density at radius 2 is 2.15 bits per heavy atom. The monoisotopic (exact) mass is 295 g/mol. The van der Waals surface area contributed by atoms with E-state index in [2.05, 4.69) is 32.2 Å². The molecule has 2 atom stereocenters. The van der Waals surface area contributed by atoms with Gasteiger partial charge in [0.2, 0.25) is 0 Å². The number of halogens is 1. The van der Waals surface area contributed by atoms with Gasteiger partial charge in [-0.1, -0.05) is 37.6 Å². The van der Waals surface area contributed by atoms with Crippen molar-refractivity contribution in [3.8, 4) is 0 Å². The Morgan fingerprint density at radius 3 is 2.80 bits per heavy atom. The first-order chi connectivity index (χ1) is 9.58. The molecule has 112 valence electrons. The first-order valence-electron chi connectivity index (χ1n) is 7.74. The summed E-state index contributed by atoms with van der Waals surface area (Å²) in [6.07, 6.45) is 4.37. The molecule has 0 radical (unpaired) electrons. The van der Waals surface area contributed by atoms with Crippen molar-refractivity contribution in [2.45, 2.75) is 64.1 Å². The highest BCUT2D eigenvalue weighted by molar-refractivity contribution is 6.30. The third kappa shape index (κ3) is 3.75. The summed E-state index contributed by atoms with van der Waals surface area (Å²) in [5, 5.41) is 4.55. The Kier molecular flexibility index (Phi) is 5.48. The lowest BCUT2D eigenvalue weighted by atomic mass is 9.85. The number of hydrogen-bond donors (Lipinski definition) is 1. The fourth-order valence-electron chi connectivity index (χ4n) is 3.14. The minimum absolute atomic E-state index is 0.0734. The standard InChI is InChI=1S/C17H26ClNO/c1-4-17(5-2)12-16(9-10-20-17)19-13(3)14-7-6-8-15(18)11-14/h6-8,11,13,16,19H,4-5,9-10,12H2,1-3H3. The number of ether oxygens (including phenoxy) is 1. The van der Waals surface area contributed by atoms with E-state index in [-0.39, 0.29) is 5.60 Å². The predicted molar refractivity (Wildman–Crippen MR) is 85.3 cm³/mol. The zero-order chi connectivity index (χ0) is 14.6. The minimum Gasteiger partial charge on any atom is -0.375 e. The molecule has 3 heteroatoms. The van der Waals surface area contributed by atoms with Crippen molar-refractivity contribution in [3.63, 3.8) is 0 Å². The van der Waals surface area contributed by atoms with Gasteiger partial charge in [0.15, 0.2) is 0 Å². The molecule has 0 amide bonds. The lowest BCUT2D eigenvalue weighted by molar-refractivity contribution is -0.0939. The molecule has 20 heavy (non-hydrogen) atoms. The van der Waals surface area contributed by atoms with Crippen LogP contribution in [0.15, 0.2) is 24.3 Å². The summed E-state index contributed by atoms with van der Waals surface area (Å²) < 4.78 is 6.04. The van der Waals surface area contributed by atoms with E-state index in [0.717, 1.165) is 37.3 Å². The van der Waals surface area contributed by atoms with Crippen LogP contribution in [0.1, 0.15) is 58.1 Å². The lowest BCUT2D eigenvalue weighted by Gasteiger charge is -2.41. The quantitative estimate of drug-likeness (QED) is 0.848. The van der Waals surface area contributed by atoms with Crippen LogP contribution in [0.4, 0.5) is 0 Å². The molecular weight excluding hydrogens is 270 g/mol. The van der Waals surface area contributed by atoms with Crippen molar-refractivity contribution in [2.24, 2.45) is 0 Å². The van der Waals surface area contributed by atoms with E-state index in [4.69, 9.17) is 16.3 Å². The maximum Gasteiger partial charge on any atom is 0.0692 e. The number of rotatable bonds is 5. The Labute approximate surface area is 127 Å². The smallest absolute Gasteiger partial charge is 0.0692 e. The van der Waals surface area contributed by atoms with Gasteiger partial charge < -0.3 is 10.1 Å². The summed E-state index contributed by atoms with van der Waals surface area (Å²) in [6, 6.07) is 8.97. The van der Waals surface area contributed by atoms with Crippen LogP contribution in [0.3, 0.4) is 0 Å². The number of benzene rings is 1. The maximum atomic E-state index is 6.07. The zero-order valence-electron chi connectivity index (χ0n) is 12.8. The van der Waals surface area contributed by atoms with E-state index in [1.807, 2.05) is 18.2 Å². The predicted octanol–water partition coefficient (Wildman–Crippen LogP) is 4.73. The van der Waals surface area contributed by atoms with Crippen LogP contribution in [-0.4, -0.2) is 18.2 Å². The van der Waals surface area contributed by atoms with Crippen molar-refractivity contribution in [3.05, 3.63) is 34.9 Å². The Balaban J connectivity index is 1.99. The van der Waals surface area contributed by atoms with Gasteiger partial charge in [0.25, 0.3) is 0 Å². The summed E-state index contributed by atoms with van der Waals surface area (Å²) in [5.41, 5.74) is 1.33. The SMILES string of the molecule is CCC1(CC)CC(NC(C)c2cccc(Cl)c2)CCO1. The second-order valence-corrected chi connectivity index (χ2v) is 6.31. The Hall–Kier alpha value is -0.570. The van der Waals surface area contributed by atoms with Crippen LogP contribution in [0.25, 0.3) is 0 Å². The fraction of sp³-hybridized carbons (Fsp3) is 0.647. The fourth-order valence-corrected chi connectivity index (χ4v) is 3.34. The third-order valence-corrected chi connectivity index (χ3v) is 4.85. The molecular formula is C17H26ClNO. The highest BCUT2D eigenvalue weighted by atomic mass is 35.5. The zero-order valence-corrected chi connectivity index (χ0v) is 13.5. The Morgan fingerprint density at radius 1 is 1.40 bits per heavy atom. The van der Waals surface area contributed by atoms with Crippen molar-refractivity contribution in [1.29, 1.82) is 0 Å². The van der Waals surface area contributed by atoms with Crippen LogP contribution in [0.5, 0.6) is 0 Å². The molecule has 0 spiro atoms. The summed E-state index contributed by atoms with van der Waals surface area (Å²) in [6.45, 7) is 7.53. The molecule has 1 aromatic rings. The minimum atomic E-state index is 0.0734. The van der Waals surface area contributed by atoms with Crippen LogP contribution in [0.2, 0.25) is 5.02 Å². The van der Waals surface area contributed by atoms with Crippen LogP contribution in [-0.2, 0) is 4.74 Å². The normalized spacial score (nSPS) is 23.5. The van der Waals surface area contributed by atoms with Crippen molar-refractivity contribution >= 4 is 11.6 Å². The molecule has 0 saturated carbocycles. The second kappa shape index (κ2) is 6.93. The van der Waals surface area contributed by atoms with E-state index in [9.17, 15) is 0 Å².